The predicted molar refractivity (Wildman–Crippen MR) is 107 cm³/mol. The highest BCUT2D eigenvalue weighted by Gasteiger charge is 2.49. The number of hydrogen-bond acceptors (Lipinski definition) is 5. The van der Waals surface area contributed by atoms with Gasteiger partial charge in [-0.15, -0.1) is 0 Å². The molecule has 1 aromatic carbocycles. The van der Waals surface area contributed by atoms with Crippen LogP contribution in [0.1, 0.15) is 63.7 Å². The van der Waals surface area contributed by atoms with Crippen molar-refractivity contribution >= 4 is 5.97 Å². The van der Waals surface area contributed by atoms with E-state index in [1.807, 2.05) is 13.8 Å². The number of aromatic hydroxyl groups is 1. The number of methoxy groups -OCH3 is 1. The Labute approximate surface area is 167 Å². The lowest BCUT2D eigenvalue weighted by atomic mass is 9.62. The molecule has 2 aliphatic carbocycles. The van der Waals surface area contributed by atoms with Gasteiger partial charge in [-0.1, -0.05) is 26.3 Å². The number of phenolic OH excluding ortho intramolecular Hbond substituents is 1. The Balaban J connectivity index is 1.84. The Morgan fingerprint density at radius 2 is 1.93 bits per heavy atom. The van der Waals surface area contributed by atoms with Crippen molar-refractivity contribution in [3.63, 3.8) is 0 Å². The van der Waals surface area contributed by atoms with Gasteiger partial charge < -0.3 is 19.7 Å². The van der Waals surface area contributed by atoms with Gasteiger partial charge in [-0.25, -0.2) is 4.79 Å². The topological polar surface area (TPSA) is 76.0 Å². The van der Waals surface area contributed by atoms with Crippen LogP contribution in [0.3, 0.4) is 0 Å². The molecule has 3 rings (SSSR count). The van der Waals surface area contributed by atoms with E-state index in [9.17, 15) is 15.0 Å². The number of esters is 1. The van der Waals surface area contributed by atoms with E-state index in [-0.39, 0.29) is 34.7 Å². The minimum atomic E-state index is -0.779. The van der Waals surface area contributed by atoms with Gasteiger partial charge in [0.2, 0.25) is 0 Å². The van der Waals surface area contributed by atoms with Gasteiger partial charge in [0, 0.05) is 0 Å². The molecule has 28 heavy (non-hydrogen) atoms. The molecule has 2 N–H and O–H groups in total. The zero-order chi connectivity index (χ0) is 20.7. The maximum atomic E-state index is 12.7. The third kappa shape index (κ3) is 3.90. The molecule has 0 aliphatic heterocycles. The summed E-state index contributed by atoms with van der Waals surface area (Å²) in [6.07, 6.45) is 5.27. The van der Waals surface area contributed by atoms with E-state index >= 15 is 0 Å². The first-order valence-corrected chi connectivity index (χ1v) is 10.0. The molecular weight excluding hydrogens is 356 g/mol. The van der Waals surface area contributed by atoms with Crippen LogP contribution < -0.4 is 4.74 Å². The fourth-order valence-corrected chi connectivity index (χ4v) is 4.89. The Hall–Kier alpha value is -2.01. The van der Waals surface area contributed by atoms with Gasteiger partial charge in [-0.05, 0) is 74.1 Å². The standard InChI is InChI=1S/C23H32O5/c1-14-11-16-17(23(4,26)10-6-9-22(16,2)3)13-20(14)28-21(25)15-7-8-19(27-5)18(24)12-15/h7-8,11-12,16-17,20,24,26H,6,9-10,13H2,1-5H3/t16-,17-,20+,23-/m0/s1. The summed E-state index contributed by atoms with van der Waals surface area (Å²) in [5.41, 5.74) is 0.626. The molecule has 0 amide bonds. The van der Waals surface area contributed by atoms with Crippen LogP contribution in [0.2, 0.25) is 0 Å². The second kappa shape index (κ2) is 7.43. The van der Waals surface area contributed by atoms with E-state index in [0.717, 1.165) is 24.8 Å². The lowest BCUT2D eigenvalue weighted by Crippen LogP contribution is -2.46. The van der Waals surface area contributed by atoms with Crippen molar-refractivity contribution in [1.82, 2.24) is 0 Å². The first-order chi connectivity index (χ1) is 13.0. The van der Waals surface area contributed by atoms with Crippen LogP contribution >= 0.6 is 0 Å². The average molecular weight is 389 g/mol. The second-order valence-corrected chi connectivity index (χ2v) is 9.26. The van der Waals surface area contributed by atoms with Crippen molar-refractivity contribution in [2.24, 2.45) is 17.3 Å². The maximum Gasteiger partial charge on any atom is 0.338 e. The van der Waals surface area contributed by atoms with Gasteiger partial charge in [0.05, 0.1) is 18.3 Å². The molecule has 5 heteroatoms. The number of aliphatic hydroxyl groups is 1. The summed E-state index contributed by atoms with van der Waals surface area (Å²) in [6.45, 7) is 8.45. The highest BCUT2D eigenvalue weighted by atomic mass is 16.5. The Kier molecular flexibility index (Phi) is 5.50. The smallest absolute Gasteiger partial charge is 0.338 e. The first-order valence-electron chi connectivity index (χ1n) is 10.0. The highest BCUT2D eigenvalue weighted by molar-refractivity contribution is 5.90. The molecule has 0 aromatic heterocycles. The van der Waals surface area contributed by atoms with E-state index in [1.54, 1.807) is 12.1 Å². The molecule has 0 bridgehead atoms. The number of allylic oxidation sites excluding steroid dienone is 1. The number of carbonyl (C=O) groups is 1. The molecule has 1 aromatic rings. The SMILES string of the molecule is COc1ccc(C(=O)O[C@@H]2C[C@H]3[C@H](C=C2C)C(C)(C)CCC[C@]3(C)O)cc1O. The molecule has 0 heterocycles. The third-order valence-corrected chi connectivity index (χ3v) is 6.72. The Morgan fingerprint density at radius 3 is 2.57 bits per heavy atom. The highest BCUT2D eigenvalue weighted by Crippen LogP contribution is 2.51. The summed E-state index contributed by atoms with van der Waals surface area (Å²) in [5, 5.41) is 21.0. The molecule has 1 fully saturated rings. The van der Waals surface area contributed by atoms with Crippen LogP contribution in [0.5, 0.6) is 11.5 Å². The summed E-state index contributed by atoms with van der Waals surface area (Å²) in [5.74, 6) is 0.0219. The van der Waals surface area contributed by atoms with Crippen molar-refractivity contribution in [2.75, 3.05) is 7.11 Å². The van der Waals surface area contributed by atoms with Crippen molar-refractivity contribution < 1.29 is 24.5 Å². The summed E-state index contributed by atoms with van der Waals surface area (Å²) in [4.78, 5) is 12.7. The van der Waals surface area contributed by atoms with E-state index in [4.69, 9.17) is 9.47 Å². The van der Waals surface area contributed by atoms with Crippen LogP contribution in [-0.4, -0.2) is 35.0 Å². The lowest BCUT2D eigenvalue weighted by Gasteiger charge is -2.45. The van der Waals surface area contributed by atoms with Crippen LogP contribution in [0.25, 0.3) is 0 Å². The number of rotatable bonds is 3. The Morgan fingerprint density at radius 1 is 1.21 bits per heavy atom. The maximum absolute atomic E-state index is 12.7. The molecule has 0 radical (unpaired) electrons. The number of benzene rings is 1. The molecule has 154 valence electrons. The fourth-order valence-electron chi connectivity index (χ4n) is 4.89. The zero-order valence-corrected chi connectivity index (χ0v) is 17.5. The molecule has 0 saturated heterocycles. The van der Waals surface area contributed by atoms with E-state index in [0.29, 0.717) is 12.2 Å². The van der Waals surface area contributed by atoms with E-state index in [2.05, 4.69) is 19.9 Å². The molecule has 4 atom stereocenters. The van der Waals surface area contributed by atoms with Crippen molar-refractivity contribution in [3.05, 3.63) is 35.4 Å². The minimum absolute atomic E-state index is 0.0378. The van der Waals surface area contributed by atoms with E-state index < -0.39 is 11.6 Å². The zero-order valence-electron chi connectivity index (χ0n) is 17.5. The average Bonchev–Trinajstić information content (AvgIpc) is 2.69. The minimum Gasteiger partial charge on any atom is -0.504 e. The molecule has 2 aliphatic rings. The van der Waals surface area contributed by atoms with Gasteiger partial charge in [0.25, 0.3) is 0 Å². The van der Waals surface area contributed by atoms with Gasteiger partial charge in [0.15, 0.2) is 11.5 Å². The molecular formula is C23H32O5. The molecule has 0 unspecified atom stereocenters. The Bertz CT molecular complexity index is 777. The van der Waals surface area contributed by atoms with Crippen LogP contribution in [0, 0.1) is 17.3 Å². The summed E-state index contributed by atoms with van der Waals surface area (Å²) in [6, 6.07) is 4.48. The third-order valence-electron chi connectivity index (χ3n) is 6.72. The molecule has 0 spiro atoms. The summed E-state index contributed by atoms with van der Waals surface area (Å²) in [7, 11) is 1.46. The molecule has 1 saturated carbocycles. The lowest BCUT2D eigenvalue weighted by molar-refractivity contribution is -0.0579. The number of ether oxygens (including phenoxy) is 2. The number of fused-ring (bicyclic) bond motifs is 1. The van der Waals surface area contributed by atoms with Gasteiger partial charge in [0.1, 0.15) is 6.10 Å². The van der Waals surface area contributed by atoms with E-state index in [1.165, 1.54) is 13.2 Å². The van der Waals surface area contributed by atoms with Crippen molar-refractivity contribution in [2.45, 2.75) is 65.1 Å². The quantitative estimate of drug-likeness (QED) is 0.590. The van der Waals surface area contributed by atoms with Crippen molar-refractivity contribution in [3.8, 4) is 11.5 Å². The van der Waals surface area contributed by atoms with Crippen molar-refractivity contribution in [1.29, 1.82) is 0 Å². The summed E-state index contributed by atoms with van der Waals surface area (Å²) < 4.78 is 10.8. The van der Waals surface area contributed by atoms with Gasteiger partial charge in [-0.2, -0.15) is 0 Å². The largest absolute Gasteiger partial charge is 0.504 e. The van der Waals surface area contributed by atoms with Crippen LogP contribution in [0.4, 0.5) is 0 Å². The second-order valence-electron chi connectivity index (χ2n) is 9.26. The fraction of sp³-hybridized carbons (Fsp3) is 0.609. The van der Waals surface area contributed by atoms with Crippen LogP contribution in [-0.2, 0) is 4.74 Å². The van der Waals surface area contributed by atoms with Crippen LogP contribution in [0.15, 0.2) is 29.8 Å². The number of carbonyl (C=O) groups excluding carboxylic acids is 1. The van der Waals surface area contributed by atoms with Gasteiger partial charge in [-0.3, -0.25) is 0 Å². The molecule has 5 nitrogen and oxygen atoms in total. The van der Waals surface area contributed by atoms with Gasteiger partial charge >= 0.3 is 5.97 Å². The summed E-state index contributed by atoms with van der Waals surface area (Å²) >= 11 is 0. The number of phenols is 1. The normalized spacial score (nSPS) is 31.9. The predicted octanol–water partition coefficient (Wildman–Crippen LogP) is 4.47. The monoisotopic (exact) mass is 388 g/mol. The number of hydrogen-bond donors (Lipinski definition) is 2. The first kappa shape index (κ1) is 20.7.